The number of amides is 2. The summed E-state index contributed by atoms with van der Waals surface area (Å²) in [7, 11) is 0. The lowest BCUT2D eigenvalue weighted by Gasteiger charge is -2.23. The van der Waals surface area contributed by atoms with Crippen molar-refractivity contribution in [2.45, 2.75) is 25.8 Å². The standard InChI is InChI=1S/C25H23ClN2O3/c26-20-12-17(13-22(29)14-20)15-27-25(31)28-21-9-5-16(6-10-21)11-19-8-7-18-3-1-2-4-23(18)24(19)30/h1-6,9-10,12-14,19,29H,7-8,11,15H2,(H2,27,28,31). The number of carbonyl (C=O) groups excluding carboxylic acids is 2. The molecular weight excluding hydrogens is 412 g/mol. The summed E-state index contributed by atoms with van der Waals surface area (Å²) in [5.41, 5.74) is 4.42. The molecule has 31 heavy (non-hydrogen) atoms. The van der Waals surface area contributed by atoms with Crippen molar-refractivity contribution >= 4 is 29.1 Å². The van der Waals surface area contributed by atoms with E-state index in [0.717, 1.165) is 29.5 Å². The van der Waals surface area contributed by atoms with Crippen LogP contribution >= 0.6 is 11.6 Å². The Bertz CT molecular complexity index is 1090. The molecule has 0 radical (unpaired) electrons. The van der Waals surface area contributed by atoms with E-state index in [0.29, 0.717) is 22.7 Å². The van der Waals surface area contributed by atoms with Gasteiger partial charge in [0.25, 0.3) is 0 Å². The van der Waals surface area contributed by atoms with Crippen LogP contribution in [0.4, 0.5) is 10.5 Å². The number of benzene rings is 3. The highest BCUT2D eigenvalue weighted by atomic mass is 35.5. The van der Waals surface area contributed by atoms with Crippen molar-refractivity contribution in [1.82, 2.24) is 5.32 Å². The first kappa shape index (κ1) is 20.9. The van der Waals surface area contributed by atoms with E-state index in [1.807, 2.05) is 48.5 Å². The van der Waals surface area contributed by atoms with Gasteiger partial charge in [-0.25, -0.2) is 4.79 Å². The fourth-order valence-corrected chi connectivity index (χ4v) is 4.21. The van der Waals surface area contributed by atoms with Crippen LogP contribution in [0.15, 0.2) is 66.7 Å². The summed E-state index contributed by atoms with van der Waals surface area (Å²) in [6.45, 7) is 0.239. The molecule has 3 N–H and O–H groups in total. The summed E-state index contributed by atoms with van der Waals surface area (Å²) in [4.78, 5) is 24.9. The lowest BCUT2D eigenvalue weighted by Crippen LogP contribution is -2.28. The van der Waals surface area contributed by atoms with Crippen molar-refractivity contribution in [3.8, 4) is 5.75 Å². The molecule has 3 aromatic carbocycles. The third kappa shape index (κ3) is 5.25. The van der Waals surface area contributed by atoms with Gasteiger partial charge < -0.3 is 15.7 Å². The van der Waals surface area contributed by atoms with Crippen molar-refractivity contribution < 1.29 is 14.7 Å². The quantitative estimate of drug-likeness (QED) is 0.506. The summed E-state index contributed by atoms with van der Waals surface area (Å²) in [5.74, 6) is 0.266. The third-order valence-electron chi connectivity index (χ3n) is 5.51. The molecular formula is C25H23ClN2O3. The Morgan fingerprint density at radius 3 is 2.58 bits per heavy atom. The first-order valence-corrected chi connectivity index (χ1v) is 10.6. The molecule has 4 rings (SSSR count). The van der Waals surface area contributed by atoms with Crippen molar-refractivity contribution in [2.75, 3.05) is 5.32 Å². The summed E-state index contributed by atoms with van der Waals surface area (Å²) in [6.07, 6.45) is 2.48. The van der Waals surface area contributed by atoms with Gasteiger partial charge >= 0.3 is 6.03 Å². The lowest BCUT2D eigenvalue weighted by molar-refractivity contribution is 0.0901. The molecule has 1 aliphatic rings. The number of anilines is 1. The number of carbonyl (C=O) groups is 2. The largest absolute Gasteiger partial charge is 0.508 e. The maximum Gasteiger partial charge on any atom is 0.319 e. The predicted octanol–water partition coefficient (Wildman–Crippen LogP) is 5.36. The number of Topliss-reactive ketones (excluding diaryl/α,β-unsaturated/α-hetero) is 1. The van der Waals surface area contributed by atoms with Gasteiger partial charge in [-0.2, -0.15) is 0 Å². The Labute approximate surface area is 186 Å². The van der Waals surface area contributed by atoms with Crippen LogP contribution in [-0.4, -0.2) is 16.9 Å². The molecule has 0 bridgehead atoms. The van der Waals surface area contributed by atoms with E-state index < -0.39 is 0 Å². The van der Waals surface area contributed by atoms with Gasteiger partial charge in [0.15, 0.2) is 5.78 Å². The van der Waals surface area contributed by atoms with E-state index in [1.54, 1.807) is 12.1 Å². The van der Waals surface area contributed by atoms with Crippen LogP contribution in [-0.2, 0) is 19.4 Å². The first-order valence-electron chi connectivity index (χ1n) is 10.2. The van der Waals surface area contributed by atoms with Gasteiger partial charge in [0, 0.05) is 28.7 Å². The van der Waals surface area contributed by atoms with Crippen molar-refractivity contribution in [3.63, 3.8) is 0 Å². The summed E-state index contributed by atoms with van der Waals surface area (Å²) in [5, 5.41) is 15.5. The number of hydrogen-bond acceptors (Lipinski definition) is 3. The average molecular weight is 435 g/mol. The Hall–Kier alpha value is -3.31. The van der Waals surface area contributed by atoms with Gasteiger partial charge in [0.05, 0.1) is 0 Å². The van der Waals surface area contributed by atoms with Gasteiger partial charge in [-0.1, -0.05) is 48.0 Å². The molecule has 0 saturated carbocycles. The predicted molar refractivity (Wildman–Crippen MR) is 122 cm³/mol. The molecule has 0 fully saturated rings. The minimum Gasteiger partial charge on any atom is -0.508 e. The maximum absolute atomic E-state index is 12.8. The molecule has 2 amide bonds. The zero-order valence-electron chi connectivity index (χ0n) is 16.9. The van der Waals surface area contributed by atoms with Gasteiger partial charge in [-0.15, -0.1) is 0 Å². The number of phenols is 1. The molecule has 1 aliphatic carbocycles. The molecule has 5 nitrogen and oxygen atoms in total. The first-order chi connectivity index (χ1) is 15.0. The molecule has 6 heteroatoms. The van der Waals surface area contributed by atoms with Gasteiger partial charge in [0.2, 0.25) is 0 Å². The second-order valence-electron chi connectivity index (χ2n) is 7.78. The Morgan fingerprint density at radius 2 is 1.81 bits per heavy atom. The van der Waals surface area contributed by atoms with E-state index in [4.69, 9.17) is 11.6 Å². The van der Waals surface area contributed by atoms with Crippen LogP contribution in [0.25, 0.3) is 0 Å². The monoisotopic (exact) mass is 434 g/mol. The van der Waals surface area contributed by atoms with Gasteiger partial charge in [-0.05, 0) is 66.3 Å². The summed E-state index contributed by atoms with van der Waals surface area (Å²) in [6, 6.07) is 19.7. The van der Waals surface area contributed by atoms with Crippen LogP contribution in [0.3, 0.4) is 0 Å². The molecule has 0 aliphatic heterocycles. The highest BCUT2D eigenvalue weighted by molar-refractivity contribution is 6.30. The topological polar surface area (TPSA) is 78.4 Å². The highest BCUT2D eigenvalue weighted by Crippen LogP contribution is 2.28. The van der Waals surface area contributed by atoms with Crippen LogP contribution < -0.4 is 10.6 Å². The van der Waals surface area contributed by atoms with Crippen LogP contribution in [0, 0.1) is 5.92 Å². The fraction of sp³-hybridized carbons (Fsp3) is 0.200. The Kier molecular flexibility index (Phi) is 6.23. The minimum absolute atomic E-state index is 0.00822. The second-order valence-corrected chi connectivity index (χ2v) is 8.22. The SMILES string of the molecule is O=C(NCc1cc(O)cc(Cl)c1)Nc1ccc(CC2CCc3ccccc3C2=O)cc1. The van der Waals surface area contributed by atoms with Crippen molar-refractivity contribution in [2.24, 2.45) is 5.92 Å². The van der Waals surface area contributed by atoms with E-state index in [2.05, 4.69) is 10.6 Å². The van der Waals surface area contributed by atoms with E-state index in [-0.39, 0.29) is 30.0 Å². The van der Waals surface area contributed by atoms with Gasteiger partial charge in [0.1, 0.15) is 5.75 Å². The Balaban J connectivity index is 1.31. The minimum atomic E-state index is -0.355. The normalized spacial score (nSPS) is 15.3. The Morgan fingerprint density at radius 1 is 1.03 bits per heavy atom. The van der Waals surface area contributed by atoms with Crippen molar-refractivity contribution in [3.05, 3.63) is 94.0 Å². The van der Waals surface area contributed by atoms with Gasteiger partial charge in [-0.3, -0.25) is 4.79 Å². The number of nitrogens with one attached hydrogen (secondary N) is 2. The van der Waals surface area contributed by atoms with Crippen LogP contribution in [0.2, 0.25) is 5.02 Å². The molecule has 1 atom stereocenters. The highest BCUT2D eigenvalue weighted by Gasteiger charge is 2.26. The zero-order valence-corrected chi connectivity index (χ0v) is 17.7. The van der Waals surface area contributed by atoms with Crippen LogP contribution in [0.1, 0.15) is 33.5 Å². The summed E-state index contributed by atoms with van der Waals surface area (Å²) >= 11 is 5.90. The summed E-state index contributed by atoms with van der Waals surface area (Å²) < 4.78 is 0. The molecule has 0 saturated heterocycles. The number of rotatable bonds is 5. The number of urea groups is 1. The molecule has 1 unspecified atom stereocenters. The number of phenolic OH excluding ortho intramolecular Hbond substituents is 1. The average Bonchev–Trinajstić information content (AvgIpc) is 2.75. The number of aryl methyl sites for hydroxylation is 1. The molecule has 3 aromatic rings. The second kappa shape index (κ2) is 9.23. The third-order valence-corrected chi connectivity index (χ3v) is 5.72. The number of aromatic hydroxyl groups is 1. The lowest BCUT2D eigenvalue weighted by atomic mass is 9.80. The number of halogens is 1. The molecule has 158 valence electrons. The van der Waals surface area contributed by atoms with E-state index in [9.17, 15) is 14.7 Å². The van der Waals surface area contributed by atoms with E-state index in [1.165, 1.54) is 6.07 Å². The fourth-order valence-electron chi connectivity index (χ4n) is 3.96. The van der Waals surface area contributed by atoms with Crippen molar-refractivity contribution in [1.29, 1.82) is 0 Å². The van der Waals surface area contributed by atoms with Crippen LogP contribution in [0.5, 0.6) is 5.75 Å². The number of ketones is 1. The molecule has 0 aromatic heterocycles. The number of fused-ring (bicyclic) bond motifs is 1. The molecule has 0 spiro atoms. The zero-order chi connectivity index (χ0) is 21.8. The van der Waals surface area contributed by atoms with E-state index >= 15 is 0 Å². The maximum atomic E-state index is 12.8. The number of hydrogen-bond donors (Lipinski definition) is 3. The molecule has 0 heterocycles. The smallest absolute Gasteiger partial charge is 0.319 e.